The molecule has 13 heteroatoms. The molecule has 6 unspecified atom stereocenters. The second-order valence-corrected chi connectivity index (χ2v) is 9.73. The molecule has 1 heterocycles. The van der Waals surface area contributed by atoms with Crippen LogP contribution >= 0.6 is 0 Å². The molecule has 35 heavy (non-hydrogen) atoms. The lowest BCUT2D eigenvalue weighted by molar-refractivity contribution is -0.254. The first-order valence-corrected chi connectivity index (χ1v) is 13.1. The van der Waals surface area contributed by atoms with Gasteiger partial charge in [-0.15, -0.1) is 0 Å². The van der Waals surface area contributed by atoms with Crippen LogP contribution < -0.4 is 0 Å². The molecule has 0 bridgehead atoms. The Bertz CT molecular complexity index is 664. The molecule has 1 aromatic heterocycles. The highest BCUT2D eigenvalue weighted by Gasteiger charge is 2.49. The average Bonchev–Trinajstić information content (AvgIpc) is 2.82. The van der Waals surface area contributed by atoms with Gasteiger partial charge in [-0.25, -0.2) is 4.79 Å². The molecule has 0 saturated carbocycles. The maximum absolute atomic E-state index is 12.7. The summed E-state index contributed by atoms with van der Waals surface area (Å²) < 4.78 is 56.4. The Balaban J connectivity index is 3.21. The Morgan fingerprint density at radius 1 is 0.714 bits per heavy atom. The van der Waals surface area contributed by atoms with Crippen LogP contribution in [0.25, 0.3) is 0 Å². The number of rotatable bonds is 18. The van der Waals surface area contributed by atoms with E-state index in [1.807, 2.05) is 0 Å². The van der Waals surface area contributed by atoms with E-state index in [9.17, 15) is 4.79 Å². The van der Waals surface area contributed by atoms with Crippen molar-refractivity contribution in [3.63, 3.8) is 0 Å². The summed E-state index contributed by atoms with van der Waals surface area (Å²) in [7, 11) is 0.568. The Labute approximate surface area is 208 Å². The van der Waals surface area contributed by atoms with Crippen molar-refractivity contribution in [3.8, 4) is 0 Å². The van der Waals surface area contributed by atoms with Gasteiger partial charge in [0.2, 0.25) is 0 Å². The third-order valence-electron chi connectivity index (χ3n) is 4.48. The van der Waals surface area contributed by atoms with E-state index in [0.29, 0.717) is 5.56 Å². The smallest absolute Gasteiger partial charge is 0.457 e. The number of methoxy groups -OCH3 is 3. The molecule has 202 valence electrons. The van der Waals surface area contributed by atoms with Crippen molar-refractivity contribution >= 4 is 14.8 Å². The van der Waals surface area contributed by atoms with E-state index in [4.69, 9.17) is 46.4 Å². The summed E-state index contributed by atoms with van der Waals surface area (Å²) in [4.78, 5) is 16.6. The second kappa shape index (κ2) is 16.3. The molecule has 0 fully saturated rings. The van der Waals surface area contributed by atoms with Crippen LogP contribution in [0.3, 0.4) is 0 Å². The van der Waals surface area contributed by atoms with Gasteiger partial charge < -0.3 is 46.4 Å². The SMILES string of the molecule is COC(C)OC(C)O[Si](COC(=O)c1ccncc1)(OC(C)OC(C)OC)OC(C)OC(C)OC. The van der Waals surface area contributed by atoms with E-state index in [1.54, 1.807) is 41.5 Å². The Morgan fingerprint density at radius 3 is 1.43 bits per heavy atom. The van der Waals surface area contributed by atoms with Crippen LogP contribution in [0.1, 0.15) is 51.9 Å². The minimum absolute atomic E-state index is 0.301. The summed E-state index contributed by atoms with van der Waals surface area (Å²) in [5, 5.41) is 0. The topological polar surface area (TPSA) is 122 Å². The summed E-state index contributed by atoms with van der Waals surface area (Å²) in [6, 6.07) is 3.05. The molecular formula is C22H39NO11Si. The number of carbonyl (C=O) groups is 1. The quantitative estimate of drug-likeness (QED) is 0.160. The van der Waals surface area contributed by atoms with Gasteiger partial charge in [-0.2, -0.15) is 0 Å². The Kier molecular flexibility index (Phi) is 14.6. The third-order valence-corrected chi connectivity index (χ3v) is 7.05. The lowest BCUT2D eigenvalue weighted by Gasteiger charge is -2.36. The van der Waals surface area contributed by atoms with E-state index in [-0.39, 0.29) is 6.23 Å². The Morgan fingerprint density at radius 2 is 1.09 bits per heavy atom. The van der Waals surface area contributed by atoms with E-state index in [1.165, 1.54) is 45.9 Å². The molecule has 0 aliphatic heterocycles. The van der Waals surface area contributed by atoms with Gasteiger partial charge in [-0.1, -0.05) is 0 Å². The van der Waals surface area contributed by atoms with Crippen molar-refractivity contribution in [1.29, 1.82) is 0 Å². The molecule has 0 N–H and O–H groups in total. The summed E-state index contributed by atoms with van der Waals surface area (Å²) >= 11 is 0. The summed E-state index contributed by atoms with van der Waals surface area (Å²) in [5.74, 6) is -0.614. The maximum atomic E-state index is 12.7. The standard InChI is InChI=1S/C22H39NO11Si/c1-15(25-7)29-18(4)32-35(33-19(5)30-16(2)26-8,34-20(6)31-17(3)27-9)14-28-22(24)21-10-12-23-13-11-21/h10-13,15-20H,14H2,1-9H3. The minimum Gasteiger partial charge on any atom is -0.457 e. The molecule has 0 aliphatic carbocycles. The first kappa shape index (κ1) is 31.5. The molecule has 12 nitrogen and oxygen atoms in total. The number of ether oxygens (including phenoxy) is 7. The zero-order valence-electron chi connectivity index (χ0n) is 21.9. The van der Waals surface area contributed by atoms with Gasteiger partial charge in [0.1, 0.15) is 0 Å². The van der Waals surface area contributed by atoms with Gasteiger partial charge in [0, 0.05) is 33.7 Å². The predicted octanol–water partition coefficient (Wildman–Crippen LogP) is 2.83. The molecule has 6 atom stereocenters. The number of hydrogen-bond acceptors (Lipinski definition) is 12. The Hall–Kier alpha value is -1.52. The number of pyridine rings is 1. The van der Waals surface area contributed by atoms with Crippen molar-refractivity contribution in [2.75, 3.05) is 27.6 Å². The summed E-state index contributed by atoms with van der Waals surface area (Å²) in [5.41, 5.74) is 0.301. The minimum atomic E-state index is -3.92. The normalized spacial score (nSPS) is 18.7. The van der Waals surface area contributed by atoms with E-state index < -0.39 is 52.5 Å². The fraction of sp³-hybridized carbons (Fsp3) is 0.727. The average molecular weight is 522 g/mol. The summed E-state index contributed by atoms with van der Waals surface area (Å²) in [6.45, 7) is 10.0. The number of carbonyl (C=O) groups excluding carboxylic acids is 1. The molecule has 0 amide bonds. The predicted molar refractivity (Wildman–Crippen MR) is 125 cm³/mol. The van der Waals surface area contributed by atoms with Crippen LogP contribution in [0.15, 0.2) is 24.5 Å². The number of aromatic nitrogens is 1. The highest BCUT2D eigenvalue weighted by atomic mass is 28.4. The zero-order chi connectivity index (χ0) is 26.4. The van der Waals surface area contributed by atoms with Crippen LogP contribution in [0, 0.1) is 0 Å². The lowest BCUT2D eigenvalue weighted by Crippen LogP contribution is -2.57. The first-order valence-electron chi connectivity index (χ1n) is 11.2. The lowest BCUT2D eigenvalue weighted by atomic mass is 10.3. The van der Waals surface area contributed by atoms with Crippen molar-refractivity contribution in [2.45, 2.75) is 79.3 Å². The molecule has 0 saturated heterocycles. The van der Waals surface area contributed by atoms with Gasteiger partial charge in [0.25, 0.3) is 0 Å². The van der Waals surface area contributed by atoms with Crippen molar-refractivity contribution in [3.05, 3.63) is 30.1 Å². The van der Waals surface area contributed by atoms with Crippen molar-refractivity contribution in [1.82, 2.24) is 4.98 Å². The molecule has 0 radical (unpaired) electrons. The molecule has 0 spiro atoms. The zero-order valence-corrected chi connectivity index (χ0v) is 22.9. The van der Waals surface area contributed by atoms with Crippen LogP contribution in [-0.2, 0) is 46.4 Å². The number of hydrogen-bond donors (Lipinski definition) is 0. The highest BCUT2D eigenvalue weighted by molar-refractivity contribution is 6.60. The molecule has 1 rings (SSSR count). The van der Waals surface area contributed by atoms with Gasteiger partial charge in [0.05, 0.1) is 5.56 Å². The molecular weight excluding hydrogens is 482 g/mol. The van der Waals surface area contributed by atoms with Gasteiger partial charge in [-0.05, 0) is 53.7 Å². The highest BCUT2D eigenvalue weighted by Crippen LogP contribution is 2.22. The van der Waals surface area contributed by atoms with Crippen LogP contribution in [0.4, 0.5) is 0 Å². The second-order valence-electron chi connectivity index (χ2n) is 7.37. The monoisotopic (exact) mass is 521 g/mol. The van der Waals surface area contributed by atoms with E-state index in [0.717, 1.165) is 0 Å². The summed E-state index contributed by atoms with van der Waals surface area (Å²) in [6.07, 6.45) is -1.75. The van der Waals surface area contributed by atoms with Gasteiger partial charge >= 0.3 is 14.8 Å². The van der Waals surface area contributed by atoms with Gasteiger partial charge in [-0.3, -0.25) is 4.98 Å². The van der Waals surface area contributed by atoms with E-state index in [2.05, 4.69) is 4.98 Å². The largest absolute Gasteiger partial charge is 0.546 e. The number of nitrogens with zero attached hydrogens (tertiary/aromatic N) is 1. The van der Waals surface area contributed by atoms with Crippen LogP contribution in [0.2, 0.25) is 0 Å². The molecule has 0 aliphatic rings. The van der Waals surface area contributed by atoms with Crippen molar-refractivity contribution < 1.29 is 51.2 Å². The third kappa shape index (κ3) is 12.3. The first-order chi connectivity index (χ1) is 16.5. The fourth-order valence-corrected chi connectivity index (χ4v) is 5.09. The van der Waals surface area contributed by atoms with Gasteiger partial charge in [0.15, 0.2) is 44.0 Å². The van der Waals surface area contributed by atoms with E-state index >= 15 is 0 Å². The van der Waals surface area contributed by atoms with Crippen molar-refractivity contribution in [2.24, 2.45) is 0 Å². The van der Waals surface area contributed by atoms with Crippen LogP contribution in [-0.4, -0.2) is 85.1 Å². The molecule has 0 aromatic carbocycles. The maximum Gasteiger partial charge on any atom is 0.546 e. The van der Waals surface area contributed by atoms with Crippen LogP contribution in [0.5, 0.6) is 0 Å². The fourth-order valence-electron chi connectivity index (χ4n) is 2.73. The number of esters is 1. The molecule has 1 aromatic rings.